The molecule has 2 heterocycles. The summed E-state index contributed by atoms with van der Waals surface area (Å²) < 4.78 is 29.3. The lowest BCUT2D eigenvalue weighted by Gasteiger charge is -2.25. The Morgan fingerprint density at radius 2 is 2.14 bits per heavy atom. The van der Waals surface area contributed by atoms with Gasteiger partial charge in [-0.3, -0.25) is 0 Å². The second-order valence-corrected chi connectivity index (χ2v) is 9.40. The first kappa shape index (κ1) is 18.6. The zero-order chi connectivity index (χ0) is 20.2. The number of nitrogens with two attached hydrogens (primary N) is 1. The van der Waals surface area contributed by atoms with E-state index in [1.807, 2.05) is 0 Å². The number of urea groups is 1. The molecule has 3 N–H and O–H groups in total. The lowest BCUT2D eigenvalue weighted by molar-refractivity contribution is 0.0165. The van der Waals surface area contributed by atoms with Crippen molar-refractivity contribution in [2.75, 3.05) is 19.0 Å². The molecule has 1 aromatic heterocycles. The van der Waals surface area contributed by atoms with Gasteiger partial charge in [0.15, 0.2) is 9.92 Å². The summed E-state index contributed by atoms with van der Waals surface area (Å²) in [4.78, 5) is 12.8. The van der Waals surface area contributed by atoms with Crippen LogP contribution in [-0.2, 0) is 46.9 Å². The molecule has 10 heteroatoms. The summed E-state index contributed by atoms with van der Waals surface area (Å²) in [6, 6.07) is 1.54. The third-order valence-electron chi connectivity index (χ3n) is 5.89. The number of carbonyl (C=O) groups excluding carboxylic acids is 1. The number of hydrogen-bond donors (Lipinski definition) is 2. The Balaban J connectivity index is 1.44. The highest BCUT2D eigenvalue weighted by Gasteiger charge is 2.29. The molecule has 2 atom stereocenters. The Labute approximate surface area is 168 Å². The SMILES string of the molecule is CO[C@H]1COc2c(S(N)(=O)=NC(=O)Nc3c4c(cc5c3CC5)CCC4)cnn2C1. The smallest absolute Gasteiger partial charge is 0.354 e. The molecule has 9 nitrogen and oxygen atoms in total. The van der Waals surface area contributed by atoms with Gasteiger partial charge in [-0.25, -0.2) is 18.8 Å². The predicted octanol–water partition coefficient (Wildman–Crippen LogP) is 1.81. The minimum atomic E-state index is -3.51. The number of fused-ring (bicyclic) bond motifs is 3. The fourth-order valence-electron chi connectivity index (χ4n) is 4.29. The molecule has 1 aromatic carbocycles. The molecule has 0 saturated carbocycles. The molecule has 0 fully saturated rings. The van der Waals surface area contributed by atoms with E-state index in [-0.39, 0.29) is 16.9 Å². The van der Waals surface area contributed by atoms with Crippen LogP contribution in [0.3, 0.4) is 0 Å². The van der Waals surface area contributed by atoms with Crippen LogP contribution < -0.4 is 15.2 Å². The predicted molar refractivity (Wildman–Crippen MR) is 106 cm³/mol. The van der Waals surface area contributed by atoms with E-state index in [9.17, 15) is 9.00 Å². The standard InChI is InChI=1S/C19H23N5O4S/c1-27-13-9-24-18(28-10-13)16(8-21-24)29(20,26)23-19(25)22-17-14-4-2-3-11(14)7-12-5-6-15(12)17/h7-8,13H,2-6,9-10H2,1H3,(H3,20,22,23,25,26)/t13-,29?/m1/s1. The summed E-state index contributed by atoms with van der Waals surface area (Å²) in [6.45, 7) is 0.745. The maximum absolute atomic E-state index is 13.1. The first-order chi connectivity index (χ1) is 14.0. The number of aromatic nitrogens is 2. The molecule has 2 amide bonds. The number of ether oxygens (including phenoxy) is 2. The topological polar surface area (TPSA) is 121 Å². The second kappa shape index (κ2) is 6.82. The van der Waals surface area contributed by atoms with E-state index in [2.05, 4.69) is 20.8 Å². The van der Waals surface area contributed by atoms with Gasteiger partial charge in [0.2, 0.25) is 5.88 Å². The summed E-state index contributed by atoms with van der Waals surface area (Å²) in [5, 5.41) is 13.0. The highest BCUT2D eigenvalue weighted by atomic mass is 32.2. The maximum atomic E-state index is 13.1. The molecule has 0 spiro atoms. The van der Waals surface area contributed by atoms with Crippen LogP contribution in [0.15, 0.2) is 21.5 Å². The van der Waals surface area contributed by atoms with Gasteiger partial charge in [-0.2, -0.15) is 5.10 Å². The molecule has 2 aromatic rings. The summed E-state index contributed by atoms with van der Waals surface area (Å²) in [7, 11) is -1.92. The van der Waals surface area contributed by atoms with E-state index in [0.29, 0.717) is 13.2 Å². The van der Waals surface area contributed by atoms with Crippen molar-refractivity contribution in [2.24, 2.45) is 9.50 Å². The largest absolute Gasteiger partial charge is 0.474 e. The molecule has 0 radical (unpaired) electrons. The Hall–Kier alpha value is -2.43. The minimum absolute atomic E-state index is 0.119. The Kier molecular flexibility index (Phi) is 4.37. The Bertz CT molecular complexity index is 1130. The number of amides is 2. The van der Waals surface area contributed by atoms with Gasteiger partial charge in [-0.15, -0.1) is 4.36 Å². The van der Waals surface area contributed by atoms with Crippen LogP contribution in [0.25, 0.3) is 0 Å². The summed E-state index contributed by atoms with van der Waals surface area (Å²) in [5.41, 5.74) is 5.74. The van der Waals surface area contributed by atoms with Crippen molar-refractivity contribution in [3.63, 3.8) is 0 Å². The molecule has 5 rings (SSSR count). The van der Waals surface area contributed by atoms with E-state index in [1.54, 1.807) is 7.11 Å². The Morgan fingerprint density at radius 1 is 1.34 bits per heavy atom. The Morgan fingerprint density at radius 3 is 2.90 bits per heavy atom. The van der Waals surface area contributed by atoms with Crippen molar-refractivity contribution in [2.45, 2.75) is 49.6 Å². The third kappa shape index (κ3) is 3.11. The minimum Gasteiger partial charge on any atom is -0.474 e. The first-order valence-corrected chi connectivity index (χ1v) is 11.3. The number of benzene rings is 1. The molecular weight excluding hydrogens is 394 g/mol. The monoisotopic (exact) mass is 417 g/mol. The van der Waals surface area contributed by atoms with Gasteiger partial charge in [-0.05, 0) is 54.4 Å². The quantitative estimate of drug-likeness (QED) is 0.789. The van der Waals surface area contributed by atoms with Gasteiger partial charge in [-0.1, -0.05) is 6.07 Å². The van der Waals surface area contributed by atoms with Crippen LogP contribution in [0.1, 0.15) is 28.7 Å². The van der Waals surface area contributed by atoms with Gasteiger partial charge >= 0.3 is 6.03 Å². The highest BCUT2D eigenvalue weighted by Crippen LogP contribution is 2.39. The van der Waals surface area contributed by atoms with Crippen LogP contribution >= 0.6 is 0 Å². The summed E-state index contributed by atoms with van der Waals surface area (Å²) in [6.07, 6.45) is 6.19. The zero-order valence-electron chi connectivity index (χ0n) is 16.1. The molecule has 154 valence electrons. The molecule has 2 aliphatic carbocycles. The van der Waals surface area contributed by atoms with E-state index >= 15 is 0 Å². The highest BCUT2D eigenvalue weighted by molar-refractivity contribution is 7.91. The molecule has 0 bridgehead atoms. The average Bonchev–Trinajstić information content (AvgIpc) is 3.30. The van der Waals surface area contributed by atoms with E-state index in [4.69, 9.17) is 14.6 Å². The number of methoxy groups -OCH3 is 1. The number of aryl methyl sites for hydroxylation is 2. The number of anilines is 1. The molecule has 3 aliphatic rings. The molecule has 0 saturated heterocycles. The van der Waals surface area contributed by atoms with Crippen LogP contribution in [0.4, 0.5) is 10.5 Å². The molecule has 29 heavy (non-hydrogen) atoms. The molecule has 1 aliphatic heterocycles. The van der Waals surface area contributed by atoms with Crippen LogP contribution in [0.5, 0.6) is 5.88 Å². The number of rotatable bonds is 3. The molecule has 1 unspecified atom stereocenters. The van der Waals surface area contributed by atoms with Crippen molar-refractivity contribution < 1.29 is 18.5 Å². The van der Waals surface area contributed by atoms with Gasteiger partial charge in [0, 0.05) is 12.8 Å². The average molecular weight is 417 g/mol. The second-order valence-electron chi connectivity index (χ2n) is 7.64. The lowest BCUT2D eigenvalue weighted by atomic mass is 9.83. The maximum Gasteiger partial charge on any atom is 0.354 e. The van der Waals surface area contributed by atoms with Crippen LogP contribution in [0, 0.1) is 0 Å². The van der Waals surface area contributed by atoms with Crippen molar-refractivity contribution in [1.82, 2.24) is 9.78 Å². The number of carbonyl (C=O) groups is 1. The van der Waals surface area contributed by atoms with Crippen molar-refractivity contribution in [3.8, 4) is 5.88 Å². The lowest BCUT2D eigenvalue weighted by Crippen LogP contribution is -2.32. The van der Waals surface area contributed by atoms with Gasteiger partial charge in [0.25, 0.3) is 0 Å². The van der Waals surface area contributed by atoms with Crippen LogP contribution in [0.2, 0.25) is 0 Å². The summed E-state index contributed by atoms with van der Waals surface area (Å²) >= 11 is 0. The fraction of sp³-hybridized carbons (Fsp3) is 0.474. The normalized spacial score (nSPS) is 21.1. The van der Waals surface area contributed by atoms with Crippen molar-refractivity contribution in [1.29, 1.82) is 0 Å². The van der Waals surface area contributed by atoms with Gasteiger partial charge in [0.1, 0.15) is 17.6 Å². The third-order valence-corrected chi connectivity index (χ3v) is 7.23. The zero-order valence-corrected chi connectivity index (χ0v) is 17.0. The first-order valence-electron chi connectivity index (χ1n) is 9.70. The van der Waals surface area contributed by atoms with Gasteiger partial charge in [0.05, 0.1) is 12.7 Å². The van der Waals surface area contributed by atoms with E-state index in [1.165, 1.54) is 27.6 Å². The number of hydrogen-bond acceptors (Lipinski definition) is 5. The summed E-state index contributed by atoms with van der Waals surface area (Å²) in [5.74, 6) is 0.270. The number of nitrogens with zero attached hydrogens (tertiary/aromatic N) is 3. The molecular formula is C19H23N5O4S. The van der Waals surface area contributed by atoms with Crippen molar-refractivity contribution in [3.05, 3.63) is 34.5 Å². The van der Waals surface area contributed by atoms with Crippen molar-refractivity contribution >= 4 is 21.6 Å². The van der Waals surface area contributed by atoms with E-state index in [0.717, 1.165) is 43.4 Å². The van der Waals surface area contributed by atoms with E-state index < -0.39 is 15.9 Å². The van der Waals surface area contributed by atoms with Gasteiger partial charge < -0.3 is 14.8 Å². The number of nitrogens with one attached hydrogen (secondary N) is 1. The van der Waals surface area contributed by atoms with Crippen LogP contribution in [-0.4, -0.2) is 39.8 Å². The fourth-order valence-corrected chi connectivity index (χ4v) is 5.29.